The van der Waals surface area contributed by atoms with Gasteiger partial charge in [-0.1, -0.05) is 12.1 Å². The first-order valence-electron chi connectivity index (χ1n) is 6.84. The Morgan fingerprint density at radius 3 is 2.71 bits per heavy atom. The minimum Gasteiger partial charge on any atom is -0.469 e. The molecule has 0 spiro atoms. The third-order valence-electron chi connectivity index (χ3n) is 3.58. The average Bonchev–Trinajstić information content (AvgIpc) is 3.21. The van der Waals surface area contributed by atoms with E-state index in [4.69, 9.17) is 10.5 Å². The van der Waals surface area contributed by atoms with Crippen molar-refractivity contribution in [1.82, 2.24) is 0 Å². The second-order valence-corrected chi connectivity index (χ2v) is 6.37. The zero-order valence-corrected chi connectivity index (χ0v) is 12.9. The van der Waals surface area contributed by atoms with E-state index in [1.54, 1.807) is 23.9 Å². The second-order valence-electron chi connectivity index (χ2n) is 5.38. The molecule has 3 N–H and O–H groups in total. The summed E-state index contributed by atoms with van der Waals surface area (Å²) >= 11 is 1.55. The maximum atomic E-state index is 11.9. The zero-order valence-electron chi connectivity index (χ0n) is 12.1. The fraction of sp³-hybridized carbons (Fsp3) is 0.467. The minimum absolute atomic E-state index is 0.0455. The highest BCUT2D eigenvalue weighted by Gasteiger charge is 2.44. The molecule has 5 nitrogen and oxygen atoms in total. The number of nitrogens with two attached hydrogens (primary N) is 1. The molecule has 114 valence electrons. The predicted octanol–water partition coefficient (Wildman–Crippen LogP) is 2.28. The Hall–Kier alpha value is -1.69. The van der Waals surface area contributed by atoms with Gasteiger partial charge in [-0.25, -0.2) is 0 Å². The number of carbonyl (C=O) groups excluding carboxylic acids is 2. The Kier molecular flexibility index (Phi) is 5.12. The summed E-state index contributed by atoms with van der Waals surface area (Å²) in [5.41, 5.74) is 7.01. The van der Waals surface area contributed by atoms with Crippen molar-refractivity contribution in [3.05, 3.63) is 24.3 Å². The van der Waals surface area contributed by atoms with Crippen LogP contribution in [-0.4, -0.2) is 30.5 Å². The van der Waals surface area contributed by atoms with Crippen molar-refractivity contribution >= 4 is 35.0 Å². The van der Waals surface area contributed by atoms with E-state index in [2.05, 4.69) is 5.32 Å². The van der Waals surface area contributed by atoms with Crippen LogP contribution in [0.1, 0.15) is 19.3 Å². The summed E-state index contributed by atoms with van der Waals surface area (Å²) in [7, 11) is 1.41. The molecule has 1 amide bonds. The van der Waals surface area contributed by atoms with E-state index in [1.807, 2.05) is 12.1 Å². The van der Waals surface area contributed by atoms with Gasteiger partial charge in [0.2, 0.25) is 5.91 Å². The van der Waals surface area contributed by atoms with Gasteiger partial charge in [-0.3, -0.25) is 9.59 Å². The van der Waals surface area contributed by atoms with Crippen molar-refractivity contribution in [2.24, 2.45) is 5.41 Å². The van der Waals surface area contributed by atoms with Crippen LogP contribution in [0.3, 0.4) is 0 Å². The number of hydrogen-bond donors (Lipinski definition) is 2. The third-order valence-corrected chi connectivity index (χ3v) is 4.86. The standard InChI is InChI=1S/C15H20N2O3S/c1-20-14(19)8-15(6-7-15)10-21-9-13(18)17-12-5-3-2-4-11(12)16/h2-5H,6-10,16H2,1H3,(H,17,18). The lowest BCUT2D eigenvalue weighted by atomic mass is 10.1. The molecule has 1 aliphatic carbocycles. The second kappa shape index (κ2) is 6.85. The molecule has 0 radical (unpaired) electrons. The number of amides is 1. The molecular formula is C15H20N2O3S. The van der Waals surface area contributed by atoms with Gasteiger partial charge in [0.25, 0.3) is 0 Å². The van der Waals surface area contributed by atoms with E-state index >= 15 is 0 Å². The van der Waals surface area contributed by atoms with Crippen LogP contribution in [0.2, 0.25) is 0 Å². The van der Waals surface area contributed by atoms with Gasteiger partial charge >= 0.3 is 5.97 Å². The van der Waals surface area contributed by atoms with Crippen LogP contribution in [0.15, 0.2) is 24.3 Å². The number of para-hydroxylation sites is 2. The summed E-state index contributed by atoms with van der Waals surface area (Å²) in [6, 6.07) is 7.17. The average molecular weight is 308 g/mol. The molecule has 0 aromatic heterocycles. The molecule has 0 aliphatic heterocycles. The van der Waals surface area contributed by atoms with Crippen molar-refractivity contribution in [2.45, 2.75) is 19.3 Å². The predicted molar refractivity (Wildman–Crippen MR) is 85.1 cm³/mol. The van der Waals surface area contributed by atoms with Crippen LogP contribution >= 0.6 is 11.8 Å². The van der Waals surface area contributed by atoms with Crippen LogP contribution in [-0.2, 0) is 14.3 Å². The normalized spacial score (nSPS) is 15.3. The van der Waals surface area contributed by atoms with Gasteiger partial charge < -0.3 is 15.8 Å². The molecule has 1 aromatic carbocycles. The van der Waals surface area contributed by atoms with Crippen LogP contribution < -0.4 is 11.1 Å². The first-order valence-corrected chi connectivity index (χ1v) is 7.99. The Morgan fingerprint density at radius 1 is 1.38 bits per heavy atom. The number of rotatable bonds is 7. The van der Waals surface area contributed by atoms with Crippen molar-refractivity contribution in [3.63, 3.8) is 0 Å². The number of ether oxygens (including phenoxy) is 1. The largest absolute Gasteiger partial charge is 0.469 e. The fourth-order valence-corrected chi connectivity index (χ4v) is 3.27. The third kappa shape index (κ3) is 4.67. The Labute approximate surface area is 128 Å². The van der Waals surface area contributed by atoms with Crippen molar-refractivity contribution in [2.75, 3.05) is 29.7 Å². The molecule has 0 unspecified atom stereocenters. The van der Waals surface area contributed by atoms with Crippen molar-refractivity contribution in [1.29, 1.82) is 0 Å². The summed E-state index contributed by atoms with van der Waals surface area (Å²) in [5.74, 6) is 0.915. The molecular weight excluding hydrogens is 288 g/mol. The highest BCUT2D eigenvalue weighted by Crippen LogP contribution is 2.51. The van der Waals surface area contributed by atoms with Crippen molar-refractivity contribution < 1.29 is 14.3 Å². The van der Waals surface area contributed by atoms with E-state index in [9.17, 15) is 9.59 Å². The zero-order chi connectivity index (χ0) is 15.3. The molecule has 21 heavy (non-hydrogen) atoms. The highest BCUT2D eigenvalue weighted by molar-refractivity contribution is 8.00. The molecule has 0 atom stereocenters. The van der Waals surface area contributed by atoms with Gasteiger partial charge in [0.15, 0.2) is 0 Å². The molecule has 1 aliphatic rings. The lowest BCUT2D eigenvalue weighted by molar-refractivity contribution is -0.141. The Balaban J connectivity index is 1.73. The van der Waals surface area contributed by atoms with Crippen LogP contribution in [0.25, 0.3) is 0 Å². The Morgan fingerprint density at radius 2 is 2.10 bits per heavy atom. The lowest BCUT2D eigenvalue weighted by Crippen LogP contribution is -2.18. The first kappa shape index (κ1) is 15.7. The summed E-state index contributed by atoms with van der Waals surface area (Å²) in [4.78, 5) is 23.2. The quantitative estimate of drug-likeness (QED) is 0.596. The van der Waals surface area contributed by atoms with Crippen molar-refractivity contribution in [3.8, 4) is 0 Å². The monoisotopic (exact) mass is 308 g/mol. The number of nitrogens with one attached hydrogen (secondary N) is 1. The first-order chi connectivity index (χ1) is 10.0. The SMILES string of the molecule is COC(=O)CC1(CSCC(=O)Nc2ccccc2N)CC1. The summed E-state index contributed by atoms with van der Waals surface area (Å²) < 4.78 is 4.70. The maximum Gasteiger partial charge on any atom is 0.306 e. The molecule has 0 heterocycles. The van der Waals surface area contributed by atoms with Gasteiger partial charge in [-0.05, 0) is 36.1 Å². The number of carbonyl (C=O) groups is 2. The number of anilines is 2. The summed E-state index contributed by atoms with van der Waals surface area (Å²) in [5, 5.41) is 2.79. The summed E-state index contributed by atoms with van der Waals surface area (Å²) in [6.07, 6.45) is 2.51. The van der Waals surface area contributed by atoms with E-state index in [-0.39, 0.29) is 17.3 Å². The van der Waals surface area contributed by atoms with E-state index in [0.717, 1.165) is 18.6 Å². The van der Waals surface area contributed by atoms with Crippen LogP contribution in [0, 0.1) is 5.41 Å². The van der Waals surface area contributed by atoms with Gasteiger partial charge in [0.05, 0.1) is 30.7 Å². The lowest BCUT2D eigenvalue weighted by Gasteiger charge is -2.13. The Bertz CT molecular complexity index is 529. The van der Waals surface area contributed by atoms with E-state index in [1.165, 1.54) is 7.11 Å². The van der Waals surface area contributed by atoms with Gasteiger partial charge in [0.1, 0.15) is 0 Å². The molecule has 2 rings (SSSR count). The van der Waals surface area contributed by atoms with Gasteiger partial charge in [-0.15, -0.1) is 0 Å². The number of esters is 1. The number of nitrogen functional groups attached to an aromatic ring is 1. The van der Waals surface area contributed by atoms with E-state index < -0.39 is 0 Å². The molecule has 1 aromatic rings. The molecule has 0 bridgehead atoms. The van der Waals surface area contributed by atoms with Gasteiger partial charge in [-0.2, -0.15) is 11.8 Å². The number of benzene rings is 1. The molecule has 0 saturated heterocycles. The number of methoxy groups -OCH3 is 1. The smallest absolute Gasteiger partial charge is 0.306 e. The van der Waals surface area contributed by atoms with Crippen LogP contribution in [0.5, 0.6) is 0 Å². The molecule has 1 saturated carbocycles. The van der Waals surface area contributed by atoms with Gasteiger partial charge in [0, 0.05) is 0 Å². The number of hydrogen-bond acceptors (Lipinski definition) is 5. The maximum absolute atomic E-state index is 11.9. The van der Waals surface area contributed by atoms with E-state index in [0.29, 0.717) is 23.5 Å². The number of thioether (sulfide) groups is 1. The fourth-order valence-electron chi connectivity index (χ4n) is 2.08. The molecule has 6 heteroatoms. The minimum atomic E-state index is -0.172. The topological polar surface area (TPSA) is 81.4 Å². The summed E-state index contributed by atoms with van der Waals surface area (Å²) in [6.45, 7) is 0. The molecule has 1 fully saturated rings. The van der Waals surface area contributed by atoms with Crippen LogP contribution in [0.4, 0.5) is 11.4 Å². The highest BCUT2D eigenvalue weighted by atomic mass is 32.2.